The van der Waals surface area contributed by atoms with Gasteiger partial charge in [0.25, 0.3) is 0 Å². The van der Waals surface area contributed by atoms with E-state index in [0.29, 0.717) is 18.7 Å². The molecule has 7 heteroatoms. The Labute approximate surface area is 114 Å². The van der Waals surface area contributed by atoms with E-state index in [-0.39, 0.29) is 11.6 Å². The monoisotopic (exact) mass is 287 g/mol. The lowest BCUT2D eigenvalue weighted by atomic mass is 10.1. The summed E-state index contributed by atoms with van der Waals surface area (Å²) in [4.78, 5) is 13.4. The van der Waals surface area contributed by atoms with E-state index >= 15 is 0 Å². The number of benzene rings is 1. The minimum Gasteiger partial charge on any atom is -0.398 e. The second-order valence-corrected chi connectivity index (χ2v) is 4.73. The number of likely N-dealkylation sites (N-methyl/N-ethyl adjacent to an activating group) is 1. The smallest absolute Gasteiger partial charge is 0.398 e. The normalized spacial score (nSPS) is 19.2. The van der Waals surface area contributed by atoms with Gasteiger partial charge >= 0.3 is 6.18 Å². The van der Waals surface area contributed by atoms with Gasteiger partial charge in [0.1, 0.15) is 6.04 Å². The second kappa shape index (κ2) is 5.22. The van der Waals surface area contributed by atoms with E-state index in [0.717, 1.165) is 12.5 Å². The van der Waals surface area contributed by atoms with Crippen LogP contribution in [0.4, 0.5) is 24.5 Å². The average molecular weight is 287 g/mol. The topological polar surface area (TPSA) is 58.4 Å². The van der Waals surface area contributed by atoms with Crippen molar-refractivity contribution in [1.82, 2.24) is 5.32 Å². The van der Waals surface area contributed by atoms with Crippen LogP contribution in [-0.4, -0.2) is 25.5 Å². The first kappa shape index (κ1) is 14.5. The molecule has 1 aromatic rings. The molecule has 2 rings (SSSR count). The molecule has 110 valence electrons. The van der Waals surface area contributed by atoms with Crippen LogP contribution in [0.5, 0.6) is 0 Å². The number of rotatable bonds is 2. The fourth-order valence-electron chi connectivity index (χ4n) is 2.48. The van der Waals surface area contributed by atoms with Crippen molar-refractivity contribution in [2.75, 3.05) is 24.2 Å². The van der Waals surface area contributed by atoms with E-state index in [1.165, 1.54) is 19.2 Å². The predicted molar refractivity (Wildman–Crippen MR) is 70.3 cm³/mol. The van der Waals surface area contributed by atoms with Gasteiger partial charge in [-0.05, 0) is 31.0 Å². The van der Waals surface area contributed by atoms with Crippen molar-refractivity contribution in [3.8, 4) is 0 Å². The minimum atomic E-state index is -4.50. The highest BCUT2D eigenvalue weighted by atomic mass is 19.4. The molecule has 0 radical (unpaired) electrons. The maximum Gasteiger partial charge on any atom is 0.418 e. The number of hydrogen-bond acceptors (Lipinski definition) is 3. The SMILES string of the molecule is CNC(=O)C1CCCN1c1ccc(N)c(C(F)(F)F)c1. The first-order valence-corrected chi connectivity index (χ1v) is 6.29. The highest BCUT2D eigenvalue weighted by Crippen LogP contribution is 2.37. The summed E-state index contributed by atoms with van der Waals surface area (Å²) in [6.07, 6.45) is -3.10. The minimum absolute atomic E-state index is 0.187. The van der Waals surface area contributed by atoms with E-state index in [9.17, 15) is 18.0 Å². The summed E-state index contributed by atoms with van der Waals surface area (Å²) in [6, 6.07) is 3.34. The molecule has 0 aliphatic carbocycles. The van der Waals surface area contributed by atoms with Crippen LogP contribution in [0.2, 0.25) is 0 Å². The van der Waals surface area contributed by atoms with Crippen LogP contribution < -0.4 is 16.0 Å². The van der Waals surface area contributed by atoms with Gasteiger partial charge in [-0.2, -0.15) is 13.2 Å². The molecular formula is C13H16F3N3O. The molecule has 1 aromatic carbocycles. The van der Waals surface area contributed by atoms with Crippen molar-refractivity contribution in [3.05, 3.63) is 23.8 Å². The molecule has 1 atom stereocenters. The van der Waals surface area contributed by atoms with Gasteiger partial charge in [0.2, 0.25) is 5.91 Å². The van der Waals surface area contributed by atoms with Gasteiger partial charge in [-0.25, -0.2) is 0 Å². The third-order valence-electron chi connectivity index (χ3n) is 3.48. The van der Waals surface area contributed by atoms with Gasteiger partial charge in [-0.1, -0.05) is 0 Å². The molecule has 0 spiro atoms. The molecule has 1 amide bonds. The van der Waals surface area contributed by atoms with E-state index in [1.54, 1.807) is 4.90 Å². The standard InChI is InChI=1S/C13H16F3N3O/c1-18-12(20)11-3-2-6-19(11)8-4-5-10(17)9(7-8)13(14,15)16/h4-5,7,11H,2-3,6,17H2,1H3,(H,18,20). The number of carbonyl (C=O) groups is 1. The highest BCUT2D eigenvalue weighted by molar-refractivity contribution is 5.85. The lowest BCUT2D eigenvalue weighted by molar-refractivity contribution is -0.136. The number of anilines is 2. The van der Waals surface area contributed by atoms with Crippen LogP contribution in [0.1, 0.15) is 18.4 Å². The van der Waals surface area contributed by atoms with Crippen LogP contribution in [0.25, 0.3) is 0 Å². The quantitative estimate of drug-likeness (QED) is 0.818. The number of halogens is 3. The summed E-state index contributed by atoms with van der Waals surface area (Å²) >= 11 is 0. The Hall–Kier alpha value is -1.92. The highest BCUT2D eigenvalue weighted by Gasteiger charge is 2.35. The number of nitrogens with one attached hydrogen (secondary N) is 1. The molecule has 1 unspecified atom stereocenters. The Balaban J connectivity index is 2.36. The lowest BCUT2D eigenvalue weighted by Crippen LogP contribution is -2.42. The summed E-state index contributed by atoms with van der Waals surface area (Å²) in [5.41, 5.74) is 4.58. The zero-order valence-corrected chi connectivity index (χ0v) is 11.0. The van der Waals surface area contributed by atoms with Crippen LogP contribution in [-0.2, 0) is 11.0 Å². The van der Waals surface area contributed by atoms with Crippen molar-refractivity contribution in [2.45, 2.75) is 25.1 Å². The van der Waals surface area contributed by atoms with E-state index < -0.39 is 17.8 Å². The largest absolute Gasteiger partial charge is 0.418 e. The molecule has 1 heterocycles. The maximum absolute atomic E-state index is 12.9. The molecule has 20 heavy (non-hydrogen) atoms. The molecule has 1 aliphatic heterocycles. The molecule has 1 aliphatic rings. The van der Waals surface area contributed by atoms with Gasteiger partial charge in [0.05, 0.1) is 5.56 Å². The lowest BCUT2D eigenvalue weighted by Gasteiger charge is -2.26. The molecule has 1 saturated heterocycles. The number of amides is 1. The van der Waals surface area contributed by atoms with Crippen LogP contribution in [0.3, 0.4) is 0 Å². The number of hydrogen-bond donors (Lipinski definition) is 2. The van der Waals surface area contributed by atoms with Gasteiger partial charge in [-0.3, -0.25) is 4.79 Å². The second-order valence-electron chi connectivity index (χ2n) is 4.73. The fraction of sp³-hybridized carbons (Fsp3) is 0.462. The Kier molecular flexibility index (Phi) is 3.78. The number of alkyl halides is 3. The summed E-state index contributed by atoms with van der Waals surface area (Å²) in [7, 11) is 1.52. The van der Waals surface area contributed by atoms with Crippen molar-refractivity contribution in [1.29, 1.82) is 0 Å². The zero-order chi connectivity index (χ0) is 14.9. The molecule has 3 N–H and O–H groups in total. The third-order valence-corrected chi connectivity index (χ3v) is 3.48. The van der Waals surface area contributed by atoms with Crippen LogP contribution in [0.15, 0.2) is 18.2 Å². The Morgan fingerprint density at radius 2 is 2.15 bits per heavy atom. The van der Waals surface area contributed by atoms with Crippen molar-refractivity contribution in [3.63, 3.8) is 0 Å². The van der Waals surface area contributed by atoms with Gasteiger partial charge in [0.15, 0.2) is 0 Å². The van der Waals surface area contributed by atoms with E-state index in [2.05, 4.69) is 5.32 Å². The summed E-state index contributed by atoms with van der Waals surface area (Å²) in [5, 5.41) is 2.54. The van der Waals surface area contributed by atoms with Crippen LogP contribution in [0, 0.1) is 0 Å². The van der Waals surface area contributed by atoms with Gasteiger partial charge < -0.3 is 16.0 Å². The average Bonchev–Trinajstić information content (AvgIpc) is 2.86. The maximum atomic E-state index is 12.9. The molecule has 1 fully saturated rings. The zero-order valence-electron chi connectivity index (χ0n) is 11.0. The number of nitrogen functional groups attached to an aromatic ring is 1. The molecule has 4 nitrogen and oxygen atoms in total. The predicted octanol–water partition coefficient (Wildman–Crippen LogP) is 2.00. The number of nitrogens with zero attached hydrogens (tertiary/aromatic N) is 1. The van der Waals surface area contributed by atoms with Gasteiger partial charge in [-0.15, -0.1) is 0 Å². The van der Waals surface area contributed by atoms with Crippen molar-refractivity contribution < 1.29 is 18.0 Å². The fourth-order valence-corrected chi connectivity index (χ4v) is 2.48. The molecule has 0 saturated carbocycles. The van der Waals surface area contributed by atoms with Crippen molar-refractivity contribution in [2.24, 2.45) is 0 Å². The molecule has 0 bridgehead atoms. The molecule has 0 aromatic heterocycles. The first-order chi connectivity index (χ1) is 9.34. The third kappa shape index (κ3) is 2.66. The van der Waals surface area contributed by atoms with Crippen molar-refractivity contribution >= 4 is 17.3 Å². The Morgan fingerprint density at radius 1 is 1.45 bits per heavy atom. The number of nitrogens with two attached hydrogens (primary N) is 1. The number of carbonyl (C=O) groups excluding carboxylic acids is 1. The van der Waals surface area contributed by atoms with Gasteiger partial charge in [0, 0.05) is 25.0 Å². The first-order valence-electron chi connectivity index (χ1n) is 6.29. The summed E-state index contributed by atoms with van der Waals surface area (Å²) in [5.74, 6) is -0.187. The summed E-state index contributed by atoms with van der Waals surface area (Å²) in [6.45, 7) is 0.555. The Bertz CT molecular complexity index is 516. The Morgan fingerprint density at radius 3 is 2.75 bits per heavy atom. The van der Waals surface area contributed by atoms with E-state index in [4.69, 9.17) is 5.73 Å². The molecular weight excluding hydrogens is 271 g/mol. The van der Waals surface area contributed by atoms with E-state index in [1.807, 2.05) is 0 Å². The summed E-state index contributed by atoms with van der Waals surface area (Å²) < 4.78 is 38.6. The van der Waals surface area contributed by atoms with Crippen LogP contribution >= 0.6 is 0 Å².